The fourth-order valence-electron chi connectivity index (χ4n) is 3.09. The summed E-state index contributed by atoms with van der Waals surface area (Å²) in [4.78, 5) is 34.9. The predicted molar refractivity (Wildman–Crippen MR) is 57.9 cm³/mol. The summed E-state index contributed by atoms with van der Waals surface area (Å²) in [6.07, 6.45) is 0.804. The molecule has 0 aromatic rings. The third-order valence-electron chi connectivity index (χ3n) is 3.91. The Hall–Kier alpha value is -1.59. The number of carbonyl (C=O) groups excluding carboxylic acids is 3. The molecule has 2 N–H and O–H groups in total. The highest BCUT2D eigenvalue weighted by Gasteiger charge is 2.61. The molecule has 2 fully saturated rings. The van der Waals surface area contributed by atoms with E-state index in [2.05, 4.69) is 10.6 Å². The molecule has 1 spiro atoms. The minimum absolute atomic E-state index is 0.0990. The van der Waals surface area contributed by atoms with Crippen molar-refractivity contribution in [1.82, 2.24) is 10.6 Å². The third kappa shape index (κ3) is 1.50. The molecule has 2 rings (SSSR count). The number of imide groups is 1. The van der Waals surface area contributed by atoms with Gasteiger partial charge in [-0.1, -0.05) is 6.92 Å². The van der Waals surface area contributed by atoms with Crippen LogP contribution in [0.4, 0.5) is 4.79 Å². The summed E-state index contributed by atoms with van der Waals surface area (Å²) in [5.74, 6) is -0.782. The Balaban J connectivity index is 2.32. The van der Waals surface area contributed by atoms with Crippen LogP contribution in [0.5, 0.6) is 0 Å². The van der Waals surface area contributed by atoms with E-state index in [1.165, 1.54) is 7.11 Å². The van der Waals surface area contributed by atoms with E-state index in [0.29, 0.717) is 6.42 Å². The van der Waals surface area contributed by atoms with Gasteiger partial charge >= 0.3 is 12.0 Å². The maximum Gasteiger partial charge on any atom is 0.322 e. The van der Waals surface area contributed by atoms with Crippen LogP contribution in [-0.2, 0) is 14.3 Å². The topological polar surface area (TPSA) is 84.5 Å². The summed E-state index contributed by atoms with van der Waals surface area (Å²) in [6.45, 7) is 3.63. The average molecular weight is 240 g/mol. The number of esters is 1. The van der Waals surface area contributed by atoms with Gasteiger partial charge in [0.25, 0.3) is 5.91 Å². The Morgan fingerprint density at radius 3 is 2.59 bits per heavy atom. The van der Waals surface area contributed by atoms with Gasteiger partial charge in [-0.25, -0.2) is 4.79 Å². The van der Waals surface area contributed by atoms with Crippen LogP contribution in [0.25, 0.3) is 0 Å². The second-order valence-corrected chi connectivity index (χ2v) is 5.21. The van der Waals surface area contributed by atoms with Crippen molar-refractivity contribution in [2.75, 3.05) is 7.11 Å². The number of nitrogens with one attached hydrogen (secondary N) is 2. The molecule has 2 aliphatic rings. The van der Waals surface area contributed by atoms with Crippen molar-refractivity contribution in [2.45, 2.75) is 32.2 Å². The van der Waals surface area contributed by atoms with Gasteiger partial charge in [-0.3, -0.25) is 14.9 Å². The molecule has 1 heterocycles. The van der Waals surface area contributed by atoms with E-state index < -0.39 is 17.0 Å². The molecular formula is C11H16N2O4. The second-order valence-electron chi connectivity index (χ2n) is 5.21. The molecule has 1 saturated carbocycles. The minimum Gasteiger partial charge on any atom is -0.469 e. The molecule has 94 valence electrons. The normalized spacial score (nSPS) is 40.3. The van der Waals surface area contributed by atoms with E-state index in [9.17, 15) is 14.4 Å². The number of amides is 3. The maximum atomic E-state index is 11.9. The van der Waals surface area contributed by atoms with Gasteiger partial charge in [0.15, 0.2) is 0 Å². The van der Waals surface area contributed by atoms with E-state index >= 15 is 0 Å². The van der Waals surface area contributed by atoms with Crippen LogP contribution in [0.1, 0.15) is 26.7 Å². The van der Waals surface area contributed by atoms with Gasteiger partial charge in [0.2, 0.25) is 0 Å². The van der Waals surface area contributed by atoms with Gasteiger partial charge in [0, 0.05) is 0 Å². The smallest absolute Gasteiger partial charge is 0.322 e. The van der Waals surface area contributed by atoms with Crippen LogP contribution in [0, 0.1) is 11.3 Å². The first-order valence-corrected chi connectivity index (χ1v) is 5.56. The minimum atomic E-state index is -0.958. The summed E-state index contributed by atoms with van der Waals surface area (Å²) < 4.78 is 4.77. The van der Waals surface area contributed by atoms with Gasteiger partial charge < -0.3 is 10.1 Å². The first-order chi connectivity index (χ1) is 7.84. The molecule has 1 aliphatic heterocycles. The van der Waals surface area contributed by atoms with Crippen LogP contribution >= 0.6 is 0 Å². The van der Waals surface area contributed by atoms with Crippen molar-refractivity contribution in [2.24, 2.45) is 11.3 Å². The number of carbonyl (C=O) groups is 3. The van der Waals surface area contributed by atoms with Crippen molar-refractivity contribution >= 4 is 17.9 Å². The Morgan fingerprint density at radius 2 is 2.12 bits per heavy atom. The van der Waals surface area contributed by atoms with Crippen molar-refractivity contribution < 1.29 is 19.1 Å². The fraction of sp³-hybridized carbons (Fsp3) is 0.727. The molecule has 6 heteroatoms. The lowest BCUT2D eigenvalue weighted by atomic mass is 9.85. The molecule has 3 amide bonds. The second kappa shape index (κ2) is 3.45. The average Bonchev–Trinajstić information content (AvgIpc) is 2.66. The van der Waals surface area contributed by atoms with Crippen molar-refractivity contribution in [1.29, 1.82) is 0 Å². The highest BCUT2D eigenvalue weighted by Crippen LogP contribution is 2.49. The molecular weight excluding hydrogens is 224 g/mol. The van der Waals surface area contributed by atoms with Gasteiger partial charge in [-0.15, -0.1) is 0 Å². The number of ether oxygens (including phenoxy) is 1. The largest absolute Gasteiger partial charge is 0.469 e. The number of hydrogen-bond acceptors (Lipinski definition) is 4. The lowest BCUT2D eigenvalue weighted by Crippen LogP contribution is -2.49. The summed E-state index contributed by atoms with van der Waals surface area (Å²) in [7, 11) is 1.33. The Labute approximate surface area is 99.1 Å². The number of urea groups is 1. The molecule has 17 heavy (non-hydrogen) atoms. The lowest BCUT2D eigenvalue weighted by Gasteiger charge is -2.26. The maximum absolute atomic E-state index is 11.9. The molecule has 0 radical (unpaired) electrons. The monoisotopic (exact) mass is 240 g/mol. The Morgan fingerprint density at radius 1 is 1.47 bits per heavy atom. The van der Waals surface area contributed by atoms with E-state index in [1.807, 2.05) is 6.92 Å². The quantitative estimate of drug-likeness (QED) is 0.505. The Bertz CT molecular complexity index is 408. The third-order valence-corrected chi connectivity index (χ3v) is 3.91. The van der Waals surface area contributed by atoms with Gasteiger partial charge in [0.1, 0.15) is 5.54 Å². The van der Waals surface area contributed by atoms with Crippen LogP contribution in [-0.4, -0.2) is 30.6 Å². The van der Waals surface area contributed by atoms with Crippen molar-refractivity contribution in [3.8, 4) is 0 Å². The summed E-state index contributed by atoms with van der Waals surface area (Å²) >= 11 is 0. The van der Waals surface area contributed by atoms with Crippen LogP contribution in [0.3, 0.4) is 0 Å². The zero-order valence-corrected chi connectivity index (χ0v) is 10.1. The highest BCUT2D eigenvalue weighted by atomic mass is 16.5. The summed E-state index contributed by atoms with van der Waals surface area (Å²) in [5, 5.41) is 4.89. The van der Waals surface area contributed by atoms with Crippen molar-refractivity contribution in [3.05, 3.63) is 0 Å². The number of rotatable bonds is 1. The fourth-order valence-corrected chi connectivity index (χ4v) is 3.09. The van der Waals surface area contributed by atoms with Gasteiger partial charge in [-0.2, -0.15) is 0 Å². The predicted octanol–water partition coefficient (Wildman–Crippen LogP) is 0.174. The SMILES string of the molecule is COC(=O)[C@]1(C)C[C@@H](C)[C@]2(C1)NC(=O)NC2=O. The van der Waals surface area contributed by atoms with Crippen LogP contribution in [0.15, 0.2) is 0 Å². The highest BCUT2D eigenvalue weighted by molar-refractivity contribution is 6.08. The molecule has 3 atom stereocenters. The van der Waals surface area contributed by atoms with Crippen molar-refractivity contribution in [3.63, 3.8) is 0 Å². The van der Waals surface area contributed by atoms with Gasteiger partial charge in [0.05, 0.1) is 12.5 Å². The molecule has 0 unspecified atom stereocenters. The zero-order chi connectivity index (χ0) is 12.8. The Kier molecular flexibility index (Phi) is 2.41. The molecule has 0 aromatic carbocycles. The summed E-state index contributed by atoms with van der Waals surface area (Å²) in [5.41, 5.74) is -1.68. The first kappa shape index (κ1) is 11.9. The van der Waals surface area contributed by atoms with E-state index in [0.717, 1.165) is 0 Å². The van der Waals surface area contributed by atoms with Crippen LogP contribution < -0.4 is 10.6 Å². The van der Waals surface area contributed by atoms with E-state index in [1.54, 1.807) is 6.92 Å². The summed E-state index contributed by atoms with van der Waals surface area (Å²) in [6, 6.07) is -0.490. The van der Waals surface area contributed by atoms with Crippen LogP contribution in [0.2, 0.25) is 0 Å². The molecule has 0 aromatic heterocycles. The first-order valence-electron chi connectivity index (χ1n) is 5.56. The molecule has 6 nitrogen and oxygen atoms in total. The molecule has 1 aliphatic carbocycles. The molecule has 0 bridgehead atoms. The zero-order valence-electron chi connectivity index (χ0n) is 10.1. The van der Waals surface area contributed by atoms with Gasteiger partial charge in [-0.05, 0) is 25.7 Å². The molecule has 1 saturated heterocycles. The standard InChI is InChI=1S/C11H16N2O4/c1-6-4-10(2,8(15)17-3)5-11(6)7(14)12-9(16)13-11/h6H,4-5H2,1-3H3,(H2,12,13,14,16)/t6-,10-,11+/m1/s1. The van der Waals surface area contributed by atoms with E-state index in [-0.39, 0.29) is 24.2 Å². The lowest BCUT2D eigenvalue weighted by molar-refractivity contribution is -0.151. The number of hydrogen-bond donors (Lipinski definition) is 2. The number of methoxy groups -OCH3 is 1. The van der Waals surface area contributed by atoms with E-state index in [4.69, 9.17) is 4.74 Å².